The number of aryl methyl sites for hydroxylation is 2. The summed E-state index contributed by atoms with van der Waals surface area (Å²) in [5.41, 5.74) is 4.48. The Morgan fingerprint density at radius 3 is 2.39 bits per heavy atom. The van der Waals surface area contributed by atoms with Gasteiger partial charge in [-0.1, -0.05) is 30.3 Å². The SMILES string of the molecule is Cc1cccc(N2CCN(C(=O)Nc3ccccc3C)CC2)c1. The highest BCUT2D eigenvalue weighted by Gasteiger charge is 2.21. The molecule has 1 saturated heterocycles. The third-order valence-corrected chi connectivity index (χ3v) is 4.32. The number of carbonyl (C=O) groups excluding carboxylic acids is 1. The molecule has 0 aromatic heterocycles. The first-order valence-electron chi connectivity index (χ1n) is 8.06. The fourth-order valence-corrected chi connectivity index (χ4v) is 2.90. The first-order valence-corrected chi connectivity index (χ1v) is 8.06. The maximum Gasteiger partial charge on any atom is 0.321 e. The molecule has 0 unspecified atom stereocenters. The average molecular weight is 309 g/mol. The molecule has 23 heavy (non-hydrogen) atoms. The van der Waals surface area contributed by atoms with Crippen LogP contribution >= 0.6 is 0 Å². The summed E-state index contributed by atoms with van der Waals surface area (Å²) < 4.78 is 0. The predicted octanol–water partition coefficient (Wildman–Crippen LogP) is 3.66. The topological polar surface area (TPSA) is 35.6 Å². The Balaban J connectivity index is 1.58. The number of anilines is 2. The Labute approximate surface area is 137 Å². The summed E-state index contributed by atoms with van der Waals surface area (Å²) in [4.78, 5) is 16.6. The van der Waals surface area contributed by atoms with Crippen molar-refractivity contribution in [3.05, 3.63) is 59.7 Å². The number of benzene rings is 2. The second kappa shape index (κ2) is 6.73. The Morgan fingerprint density at radius 2 is 1.70 bits per heavy atom. The van der Waals surface area contributed by atoms with Crippen LogP contribution in [0.2, 0.25) is 0 Å². The Hall–Kier alpha value is -2.49. The van der Waals surface area contributed by atoms with Crippen LogP contribution in [0.25, 0.3) is 0 Å². The van der Waals surface area contributed by atoms with Gasteiger partial charge in [-0.05, 0) is 43.2 Å². The second-order valence-electron chi connectivity index (χ2n) is 6.06. The van der Waals surface area contributed by atoms with Gasteiger partial charge in [0.15, 0.2) is 0 Å². The smallest absolute Gasteiger partial charge is 0.321 e. The number of urea groups is 1. The minimum absolute atomic E-state index is 0.0109. The molecule has 1 aliphatic rings. The molecule has 4 nitrogen and oxygen atoms in total. The van der Waals surface area contributed by atoms with Crippen LogP contribution in [0.4, 0.5) is 16.2 Å². The summed E-state index contributed by atoms with van der Waals surface area (Å²) in [6.07, 6.45) is 0. The van der Waals surface area contributed by atoms with Crippen LogP contribution in [0.1, 0.15) is 11.1 Å². The van der Waals surface area contributed by atoms with Crippen molar-refractivity contribution in [3.63, 3.8) is 0 Å². The minimum Gasteiger partial charge on any atom is -0.368 e. The van der Waals surface area contributed by atoms with E-state index in [1.807, 2.05) is 36.1 Å². The first-order chi connectivity index (χ1) is 11.1. The van der Waals surface area contributed by atoms with E-state index in [0.717, 1.165) is 37.4 Å². The van der Waals surface area contributed by atoms with Gasteiger partial charge in [0.1, 0.15) is 0 Å². The molecule has 3 rings (SSSR count). The molecule has 0 bridgehead atoms. The Kier molecular flexibility index (Phi) is 4.51. The van der Waals surface area contributed by atoms with Gasteiger partial charge < -0.3 is 15.1 Å². The van der Waals surface area contributed by atoms with Crippen molar-refractivity contribution >= 4 is 17.4 Å². The molecule has 2 amide bonds. The number of hydrogen-bond donors (Lipinski definition) is 1. The van der Waals surface area contributed by atoms with E-state index in [1.54, 1.807) is 0 Å². The summed E-state index contributed by atoms with van der Waals surface area (Å²) in [6, 6.07) is 16.4. The molecule has 0 atom stereocenters. The maximum absolute atomic E-state index is 12.4. The van der Waals surface area contributed by atoms with Gasteiger partial charge in [-0.2, -0.15) is 0 Å². The molecular weight excluding hydrogens is 286 g/mol. The highest BCUT2D eigenvalue weighted by molar-refractivity contribution is 5.90. The summed E-state index contributed by atoms with van der Waals surface area (Å²) in [5, 5.41) is 3.01. The van der Waals surface area contributed by atoms with Gasteiger partial charge in [-0.3, -0.25) is 0 Å². The number of rotatable bonds is 2. The van der Waals surface area contributed by atoms with Crippen LogP contribution in [0.5, 0.6) is 0 Å². The number of nitrogens with zero attached hydrogens (tertiary/aromatic N) is 2. The van der Waals surface area contributed by atoms with Gasteiger partial charge in [0.05, 0.1) is 0 Å². The Bertz CT molecular complexity index is 691. The number of carbonyl (C=O) groups is 1. The number of hydrogen-bond acceptors (Lipinski definition) is 2. The van der Waals surface area contributed by atoms with Gasteiger partial charge >= 0.3 is 6.03 Å². The van der Waals surface area contributed by atoms with Crippen LogP contribution in [0.15, 0.2) is 48.5 Å². The van der Waals surface area contributed by atoms with Crippen LogP contribution in [-0.4, -0.2) is 37.1 Å². The van der Waals surface area contributed by atoms with Gasteiger partial charge in [-0.25, -0.2) is 4.79 Å². The van der Waals surface area contributed by atoms with Crippen LogP contribution in [-0.2, 0) is 0 Å². The molecule has 0 spiro atoms. The molecule has 1 aliphatic heterocycles. The van der Waals surface area contributed by atoms with Crippen molar-refractivity contribution in [2.45, 2.75) is 13.8 Å². The summed E-state index contributed by atoms with van der Waals surface area (Å²) in [6.45, 7) is 7.33. The van der Waals surface area contributed by atoms with Crippen LogP contribution in [0, 0.1) is 13.8 Å². The van der Waals surface area contributed by atoms with Crippen LogP contribution in [0.3, 0.4) is 0 Å². The van der Waals surface area contributed by atoms with Crippen molar-refractivity contribution in [2.75, 3.05) is 36.4 Å². The molecule has 0 radical (unpaired) electrons. The maximum atomic E-state index is 12.4. The molecule has 1 heterocycles. The molecular formula is C19H23N3O. The summed E-state index contributed by atoms with van der Waals surface area (Å²) in [5.74, 6) is 0. The highest BCUT2D eigenvalue weighted by atomic mass is 16.2. The lowest BCUT2D eigenvalue weighted by molar-refractivity contribution is 0.208. The third-order valence-electron chi connectivity index (χ3n) is 4.32. The Morgan fingerprint density at radius 1 is 0.957 bits per heavy atom. The number of amides is 2. The molecule has 2 aromatic rings. The van der Waals surface area contributed by atoms with Gasteiger partial charge in [-0.15, -0.1) is 0 Å². The highest BCUT2D eigenvalue weighted by Crippen LogP contribution is 2.19. The number of piperazine rings is 1. The predicted molar refractivity (Wildman–Crippen MR) is 95.2 cm³/mol. The molecule has 4 heteroatoms. The van der Waals surface area contributed by atoms with Gasteiger partial charge in [0.2, 0.25) is 0 Å². The second-order valence-corrected chi connectivity index (χ2v) is 6.06. The first kappa shape index (κ1) is 15.4. The molecule has 2 aromatic carbocycles. The van der Waals surface area contributed by atoms with Crippen molar-refractivity contribution in [2.24, 2.45) is 0 Å². The van der Waals surface area contributed by atoms with E-state index in [1.165, 1.54) is 11.3 Å². The summed E-state index contributed by atoms with van der Waals surface area (Å²) >= 11 is 0. The van der Waals surface area contributed by atoms with E-state index in [-0.39, 0.29) is 6.03 Å². The van der Waals surface area contributed by atoms with E-state index >= 15 is 0 Å². The quantitative estimate of drug-likeness (QED) is 0.919. The van der Waals surface area contributed by atoms with Crippen molar-refractivity contribution in [1.29, 1.82) is 0 Å². The number of nitrogens with one attached hydrogen (secondary N) is 1. The zero-order chi connectivity index (χ0) is 16.2. The zero-order valence-corrected chi connectivity index (χ0v) is 13.7. The molecule has 1 fully saturated rings. The lowest BCUT2D eigenvalue weighted by atomic mass is 10.2. The summed E-state index contributed by atoms with van der Waals surface area (Å²) in [7, 11) is 0. The largest absolute Gasteiger partial charge is 0.368 e. The minimum atomic E-state index is -0.0109. The van der Waals surface area contributed by atoms with Gasteiger partial charge in [0, 0.05) is 37.6 Å². The van der Waals surface area contributed by atoms with E-state index in [2.05, 4.69) is 41.4 Å². The van der Waals surface area contributed by atoms with E-state index in [4.69, 9.17) is 0 Å². The fourth-order valence-electron chi connectivity index (χ4n) is 2.90. The van der Waals surface area contributed by atoms with Crippen molar-refractivity contribution < 1.29 is 4.79 Å². The lowest BCUT2D eigenvalue weighted by Crippen LogP contribution is -2.50. The lowest BCUT2D eigenvalue weighted by Gasteiger charge is -2.36. The van der Waals surface area contributed by atoms with Crippen LogP contribution < -0.4 is 10.2 Å². The van der Waals surface area contributed by atoms with Crippen molar-refractivity contribution in [1.82, 2.24) is 4.90 Å². The zero-order valence-electron chi connectivity index (χ0n) is 13.7. The average Bonchev–Trinajstić information content (AvgIpc) is 2.57. The molecule has 0 saturated carbocycles. The standard InChI is InChI=1S/C19H23N3O/c1-15-6-5-8-17(14-15)21-10-12-22(13-11-21)19(23)20-18-9-4-3-7-16(18)2/h3-9,14H,10-13H2,1-2H3,(H,20,23). The molecule has 1 N–H and O–H groups in total. The van der Waals surface area contributed by atoms with E-state index in [9.17, 15) is 4.79 Å². The molecule has 0 aliphatic carbocycles. The monoisotopic (exact) mass is 309 g/mol. The van der Waals surface area contributed by atoms with E-state index in [0.29, 0.717) is 0 Å². The van der Waals surface area contributed by atoms with E-state index < -0.39 is 0 Å². The number of para-hydroxylation sites is 1. The fraction of sp³-hybridized carbons (Fsp3) is 0.316. The normalized spacial score (nSPS) is 14.7. The third kappa shape index (κ3) is 3.65. The van der Waals surface area contributed by atoms with Crippen molar-refractivity contribution in [3.8, 4) is 0 Å². The van der Waals surface area contributed by atoms with Gasteiger partial charge in [0.25, 0.3) is 0 Å². The molecule has 120 valence electrons.